The maximum Gasteiger partial charge on any atom is 0.274 e. The third-order valence-corrected chi connectivity index (χ3v) is 4.24. The third kappa shape index (κ3) is 4.09. The molecule has 1 aliphatic carbocycles. The van der Waals surface area contributed by atoms with E-state index in [2.05, 4.69) is 20.5 Å². The van der Waals surface area contributed by atoms with Crippen molar-refractivity contribution in [1.82, 2.24) is 15.2 Å². The van der Waals surface area contributed by atoms with Gasteiger partial charge in [0.05, 0.1) is 7.11 Å². The summed E-state index contributed by atoms with van der Waals surface area (Å²) in [6.45, 7) is 0. The van der Waals surface area contributed by atoms with Crippen LogP contribution in [0.5, 0.6) is 5.75 Å². The average Bonchev–Trinajstić information content (AvgIpc) is 2.59. The first kappa shape index (κ1) is 15.5. The molecule has 1 saturated carbocycles. The maximum absolute atomic E-state index is 12.2. The molecular formula is C17H22N4O2. The number of H-pyrrole nitrogens is 1. The molecule has 1 aromatic heterocycles. The Morgan fingerprint density at radius 2 is 1.91 bits per heavy atom. The van der Waals surface area contributed by atoms with Crippen LogP contribution < -0.4 is 15.6 Å². The molecule has 0 saturated heterocycles. The highest BCUT2D eigenvalue weighted by molar-refractivity contribution is 5.30. The van der Waals surface area contributed by atoms with Gasteiger partial charge in [-0.25, -0.2) is 0 Å². The van der Waals surface area contributed by atoms with Gasteiger partial charge >= 0.3 is 0 Å². The third-order valence-electron chi connectivity index (χ3n) is 4.24. The molecule has 0 radical (unpaired) electrons. The molecule has 122 valence electrons. The van der Waals surface area contributed by atoms with Gasteiger partial charge in [0.25, 0.3) is 5.56 Å². The molecule has 2 aromatic rings. The van der Waals surface area contributed by atoms with Gasteiger partial charge in [0.2, 0.25) is 5.95 Å². The normalized spacial score (nSPS) is 15.3. The molecule has 0 bridgehead atoms. The zero-order valence-electron chi connectivity index (χ0n) is 13.3. The number of hydrogen-bond donors (Lipinski definition) is 2. The molecule has 6 heteroatoms. The largest absolute Gasteiger partial charge is 0.497 e. The van der Waals surface area contributed by atoms with Crippen molar-refractivity contribution < 1.29 is 4.74 Å². The van der Waals surface area contributed by atoms with Crippen LogP contribution in [0.4, 0.5) is 5.95 Å². The lowest BCUT2D eigenvalue weighted by atomic mass is 9.96. The summed E-state index contributed by atoms with van der Waals surface area (Å²) in [5.41, 5.74) is 1.23. The van der Waals surface area contributed by atoms with Gasteiger partial charge in [-0.05, 0) is 30.5 Å². The second-order valence-electron chi connectivity index (χ2n) is 5.95. The van der Waals surface area contributed by atoms with E-state index >= 15 is 0 Å². The summed E-state index contributed by atoms with van der Waals surface area (Å²) in [6, 6.07) is 7.98. The molecule has 3 rings (SSSR count). The van der Waals surface area contributed by atoms with E-state index in [1.54, 1.807) is 7.11 Å². The standard InChI is InChI=1S/C17H22N4O2/c1-23-14-9-7-12(8-10-14)11-15-16(22)19-17(21-20-15)18-13-5-3-2-4-6-13/h7-10,13H,2-6,11H2,1H3,(H2,18,19,21,22). The number of nitrogens with zero attached hydrogens (tertiary/aromatic N) is 2. The lowest BCUT2D eigenvalue weighted by molar-refractivity contribution is 0.414. The van der Waals surface area contributed by atoms with Gasteiger partial charge in [-0.2, -0.15) is 0 Å². The molecule has 0 aliphatic heterocycles. The number of anilines is 1. The van der Waals surface area contributed by atoms with Crippen molar-refractivity contribution in [3.8, 4) is 5.75 Å². The Morgan fingerprint density at radius 1 is 1.17 bits per heavy atom. The minimum Gasteiger partial charge on any atom is -0.497 e. The van der Waals surface area contributed by atoms with E-state index in [1.165, 1.54) is 19.3 Å². The highest BCUT2D eigenvalue weighted by atomic mass is 16.5. The zero-order chi connectivity index (χ0) is 16.1. The fourth-order valence-electron chi connectivity index (χ4n) is 2.92. The van der Waals surface area contributed by atoms with Crippen molar-refractivity contribution in [1.29, 1.82) is 0 Å². The summed E-state index contributed by atoms with van der Waals surface area (Å²) in [5.74, 6) is 1.26. The summed E-state index contributed by atoms with van der Waals surface area (Å²) in [6.07, 6.45) is 6.45. The minimum atomic E-state index is -0.186. The molecule has 23 heavy (non-hydrogen) atoms. The Morgan fingerprint density at radius 3 is 2.57 bits per heavy atom. The van der Waals surface area contributed by atoms with Gasteiger partial charge in [-0.15, -0.1) is 10.2 Å². The van der Waals surface area contributed by atoms with E-state index in [0.29, 0.717) is 24.1 Å². The number of methoxy groups -OCH3 is 1. The Balaban J connectivity index is 1.67. The van der Waals surface area contributed by atoms with Crippen LogP contribution in [0, 0.1) is 0 Å². The number of benzene rings is 1. The van der Waals surface area contributed by atoms with Crippen molar-refractivity contribution in [2.45, 2.75) is 44.6 Å². The summed E-state index contributed by atoms with van der Waals surface area (Å²) in [7, 11) is 1.63. The second kappa shape index (κ2) is 7.26. The lowest BCUT2D eigenvalue weighted by Crippen LogP contribution is -2.27. The quantitative estimate of drug-likeness (QED) is 0.886. The Hall–Kier alpha value is -2.37. The van der Waals surface area contributed by atoms with Crippen LogP contribution in [0.1, 0.15) is 43.4 Å². The topological polar surface area (TPSA) is 79.9 Å². The van der Waals surface area contributed by atoms with Gasteiger partial charge in [0.15, 0.2) is 0 Å². The number of nitrogens with one attached hydrogen (secondary N) is 2. The predicted octanol–water partition coefficient (Wildman–Crippen LogP) is 2.51. The summed E-state index contributed by atoms with van der Waals surface area (Å²) < 4.78 is 5.13. The first-order chi connectivity index (χ1) is 11.2. The number of aromatic nitrogens is 3. The van der Waals surface area contributed by atoms with Crippen LogP contribution in [0.3, 0.4) is 0 Å². The molecule has 0 spiro atoms. The second-order valence-corrected chi connectivity index (χ2v) is 5.95. The van der Waals surface area contributed by atoms with Gasteiger partial charge in [0, 0.05) is 12.5 Å². The van der Waals surface area contributed by atoms with E-state index in [1.807, 2.05) is 24.3 Å². The highest BCUT2D eigenvalue weighted by Gasteiger charge is 2.14. The fraction of sp³-hybridized carbons (Fsp3) is 0.471. The monoisotopic (exact) mass is 314 g/mol. The number of ether oxygens (including phenoxy) is 1. The molecule has 6 nitrogen and oxygen atoms in total. The number of aromatic amines is 1. The number of hydrogen-bond acceptors (Lipinski definition) is 5. The molecule has 0 unspecified atom stereocenters. The minimum absolute atomic E-state index is 0.186. The summed E-state index contributed by atoms with van der Waals surface area (Å²) in [5, 5.41) is 11.5. The highest BCUT2D eigenvalue weighted by Crippen LogP contribution is 2.19. The Kier molecular flexibility index (Phi) is 4.90. The zero-order valence-corrected chi connectivity index (χ0v) is 13.3. The molecule has 1 fully saturated rings. The van der Waals surface area contributed by atoms with Gasteiger partial charge in [0.1, 0.15) is 11.4 Å². The molecular weight excluding hydrogens is 292 g/mol. The first-order valence-electron chi connectivity index (χ1n) is 8.10. The van der Waals surface area contributed by atoms with Crippen LogP contribution in [-0.2, 0) is 6.42 Å². The molecule has 1 aromatic carbocycles. The van der Waals surface area contributed by atoms with Crippen LogP contribution in [0.2, 0.25) is 0 Å². The van der Waals surface area contributed by atoms with Gasteiger partial charge < -0.3 is 10.1 Å². The summed E-state index contributed by atoms with van der Waals surface area (Å²) in [4.78, 5) is 15.0. The Bertz CT molecular complexity index is 690. The van der Waals surface area contributed by atoms with Crippen molar-refractivity contribution >= 4 is 5.95 Å². The van der Waals surface area contributed by atoms with E-state index < -0.39 is 0 Å². The van der Waals surface area contributed by atoms with E-state index in [0.717, 1.165) is 24.2 Å². The fourth-order valence-corrected chi connectivity index (χ4v) is 2.92. The van der Waals surface area contributed by atoms with E-state index in [4.69, 9.17) is 4.74 Å². The van der Waals surface area contributed by atoms with Crippen molar-refractivity contribution in [2.24, 2.45) is 0 Å². The van der Waals surface area contributed by atoms with E-state index in [9.17, 15) is 4.79 Å². The summed E-state index contributed by atoms with van der Waals surface area (Å²) >= 11 is 0. The van der Waals surface area contributed by atoms with Gasteiger partial charge in [-0.1, -0.05) is 31.4 Å². The molecule has 1 heterocycles. The average molecular weight is 314 g/mol. The maximum atomic E-state index is 12.2. The van der Waals surface area contributed by atoms with Crippen LogP contribution in [0.15, 0.2) is 29.1 Å². The number of rotatable bonds is 5. The first-order valence-corrected chi connectivity index (χ1v) is 8.10. The van der Waals surface area contributed by atoms with Crippen LogP contribution in [0.25, 0.3) is 0 Å². The lowest BCUT2D eigenvalue weighted by Gasteiger charge is -2.22. The molecule has 2 N–H and O–H groups in total. The van der Waals surface area contributed by atoms with E-state index in [-0.39, 0.29) is 5.56 Å². The van der Waals surface area contributed by atoms with Crippen molar-refractivity contribution in [3.63, 3.8) is 0 Å². The van der Waals surface area contributed by atoms with Crippen LogP contribution in [-0.4, -0.2) is 28.3 Å². The molecule has 0 atom stereocenters. The smallest absolute Gasteiger partial charge is 0.274 e. The van der Waals surface area contributed by atoms with Gasteiger partial charge in [-0.3, -0.25) is 9.78 Å². The Labute approximate surface area is 135 Å². The molecule has 1 aliphatic rings. The molecule has 0 amide bonds. The van der Waals surface area contributed by atoms with Crippen molar-refractivity contribution in [3.05, 3.63) is 45.9 Å². The van der Waals surface area contributed by atoms with Crippen molar-refractivity contribution in [2.75, 3.05) is 12.4 Å². The van der Waals surface area contributed by atoms with Crippen LogP contribution >= 0.6 is 0 Å². The SMILES string of the molecule is COc1ccc(Cc2nnc(NC3CCCCC3)[nH]c2=O)cc1. The predicted molar refractivity (Wildman–Crippen MR) is 88.9 cm³/mol.